The molecule has 0 amide bonds. The van der Waals surface area contributed by atoms with Crippen LogP contribution in [0.2, 0.25) is 0 Å². The molecule has 0 aliphatic carbocycles. The smallest absolute Gasteiger partial charge is 0.212 e. The molecule has 2 aliphatic rings. The van der Waals surface area contributed by atoms with Gasteiger partial charge in [-0.3, -0.25) is 9.80 Å². The third-order valence-electron chi connectivity index (χ3n) is 4.46. The van der Waals surface area contributed by atoms with Crippen LogP contribution in [-0.4, -0.2) is 77.0 Å². The van der Waals surface area contributed by atoms with E-state index in [0.29, 0.717) is 19.8 Å². The molecule has 0 aromatic heterocycles. The number of hydrogen-bond acceptors (Lipinski definition) is 6. The van der Waals surface area contributed by atoms with Gasteiger partial charge in [-0.1, -0.05) is 6.07 Å². The second kappa shape index (κ2) is 7.69. The van der Waals surface area contributed by atoms with Crippen molar-refractivity contribution in [3.05, 3.63) is 23.8 Å². The maximum atomic E-state index is 11.5. The number of rotatable bonds is 6. The van der Waals surface area contributed by atoms with Gasteiger partial charge in [0, 0.05) is 39.3 Å². The maximum absolute atomic E-state index is 11.5. The summed E-state index contributed by atoms with van der Waals surface area (Å²) in [5.74, 6) is 1.81. The fraction of sp³-hybridized carbons (Fsp3) is 0.625. The van der Waals surface area contributed by atoms with Gasteiger partial charge < -0.3 is 9.47 Å². The van der Waals surface area contributed by atoms with Gasteiger partial charge in [0.15, 0.2) is 11.5 Å². The fourth-order valence-electron chi connectivity index (χ4n) is 2.97. The van der Waals surface area contributed by atoms with Crippen LogP contribution in [0.25, 0.3) is 0 Å². The molecule has 0 saturated carbocycles. The van der Waals surface area contributed by atoms with E-state index in [0.717, 1.165) is 44.2 Å². The highest BCUT2D eigenvalue weighted by atomic mass is 32.2. The Morgan fingerprint density at radius 2 is 1.71 bits per heavy atom. The van der Waals surface area contributed by atoms with Crippen molar-refractivity contribution in [1.29, 1.82) is 0 Å². The molecule has 8 heteroatoms. The molecule has 0 atom stereocenters. The number of hydrogen-bond donors (Lipinski definition) is 1. The van der Waals surface area contributed by atoms with Crippen molar-refractivity contribution in [2.45, 2.75) is 6.54 Å². The minimum absolute atomic E-state index is 0.158. The van der Waals surface area contributed by atoms with Crippen molar-refractivity contribution < 1.29 is 17.9 Å². The van der Waals surface area contributed by atoms with E-state index in [2.05, 4.69) is 26.7 Å². The standard InChI is InChI=1S/C16H25N3O4S/c1-17-24(20,21)11-8-18-4-6-19(7-5-18)13-14-2-3-15-16(12-14)23-10-9-22-15/h2-3,12,17H,4-11,13H2,1H3. The van der Waals surface area contributed by atoms with E-state index < -0.39 is 10.0 Å². The Morgan fingerprint density at radius 1 is 1.04 bits per heavy atom. The number of nitrogens with one attached hydrogen (secondary N) is 1. The molecule has 0 bridgehead atoms. The van der Waals surface area contributed by atoms with E-state index in [1.165, 1.54) is 12.6 Å². The Kier molecular flexibility index (Phi) is 5.60. The van der Waals surface area contributed by atoms with E-state index in [1.807, 2.05) is 6.07 Å². The third kappa shape index (κ3) is 4.60. The molecule has 0 unspecified atom stereocenters. The quantitative estimate of drug-likeness (QED) is 0.782. The molecule has 2 aliphatic heterocycles. The van der Waals surface area contributed by atoms with Crippen LogP contribution in [0.3, 0.4) is 0 Å². The highest BCUT2D eigenvalue weighted by molar-refractivity contribution is 7.89. The summed E-state index contributed by atoms with van der Waals surface area (Å²) in [6.07, 6.45) is 0. The van der Waals surface area contributed by atoms with Crippen molar-refractivity contribution in [2.24, 2.45) is 0 Å². The van der Waals surface area contributed by atoms with Crippen LogP contribution in [0, 0.1) is 0 Å². The Morgan fingerprint density at radius 3 is 2.42 bits per heavy atom. The van der Waals surface area contributed by atoms with Gasteiger partial charge in [-0.15, -0.1) is 0 Å². The summed E-state index contributed by atoms with van der Waals surface area (Å²) in [5, 5.41) is 0. The summed E-state index contributed by atoms with van der Waals surface area (Å²) in [4.78, 5) is 4.59. The van der Waals surface area contributed by atoms with Gasteiger partial charge in [-0.2, -0.15) is 0 Å². The molecule has 2 heterocycles. The average molecular weight is 355 g/mol. The molecule has 3 rings (SSSR count). The number of fused-ring (bicyclic) bond motifs is 1. The Labute approximate surface area is 143 Å². The van der Waals surface area contributed by atoms with Gasteiger partial charge in [0.05, 0.1) is 5.75 Å². The van der Waals surface area contributed by atoms with Crippen LogP contribution in [-0.2, 0) is 16.6 Å². The maximum Gasteiger partial charge on any atom is 0.212 e. The second-order valence-corrected chi connectivity index (χ2v) is 8.16. The zero-order valence-electron chi connectivity index (χ0n) is 14.0. The van der Waals surface area contributed by atoms with Crippen molar-refractivity contribution in [3.8, 4) is 11.5 Å². The average Bonchev–Trinajstić information content (AvgIpc) is 2.61. The van der Waals surface area contributed by atoms with Crippen LogP contribution in [0.4, 0.5) is 0 Å². The summed E-state index contributed by atoms with van der Waals surface area (Å²) < 4.78 is 36.5. The summed E-state index contributed by atoms with van der Waals surface area (Å²) in [6.45, 7) is 6.33. The molecule has 24 heavy (non-hydrogen) atoms. The van der Waals surface area contributed by atoms with Gasteiger partial charge >= 0.3 is 0 Å². The lowest BCUT2D eigenvalue weighted by molar-refractivity contribution is 0.132. The molecular formula is C16H25N3O4S. The molecule has 0 spiro atoms. The predicted octanol–water partition coefficient (Wildman–Crippen LogP) is 0.125. The van der Waals surface area contributed by atoms with Gasteiger partial charge in [-0.05, 0) is 24.7 Å². The van der Waals surface area contributed by atoms with Crippen LogP contribution >= 0.6 is 0 Å². The van der Waals surface area contributed by atoms with Crippen molar-refractivity contribution in [3.63, 3.8) is 0 Å². The van der Waals surface area contributed by atoms with Gasteiger partial charge in [0.25, 0.3) is 0 Å². The first-order chi connectivity index (χ1) is 11.6. The Hall–Kier alpha value is -1.35. The van der Waals surface area contributed by atoms with E-state index in [-0.39, 0.29) is 5.75 Å². The van der Waals surface area contributed by atoms with Gasteiger partial charge in [0.2, 0.25) is 10.0 Å². The van der Waals surface area contributed by atoms with E-state index in [4.69, 9.17) is 9.47 Å². The monoisotopic (exact) mass is 355 g/mol. The lowest BCUT2D eigenvalue weighted by atomic mass is 10.1. The zero-order valence-corrected chi connectivity index (χ0v) is 14.8. The van der Waals surface area contributed by atoms with Crippen LogP contribution in [0.5, 0.6) is 11.5 Å². The Bertz CT molecular complexity index is 657. The topological polar surface area (TPSA) is 71.1 Å². The normalized spacial score (nSPS) is 19.4. The summed E-state index contributed by atoms with van der Waals surface area (Å²) in [6, 6.07) is 6.11. The van der Waals surface area contributed by atoms with E-state index in [9.17, 15) is 8.42 Å². The minimum Gasteiger partial charge on any atom is -0.486 e. The molecule has 1 saturated heterocycles. The number of piperazine rings is 1. The molecule has 1 aromatic carbocycles. The van der Waals surface area contributed by atoms with Gasteiger partial charge in [-0.25, -0.2) is 13.1 Å². The highest BCUT2D eigenvalue weighted by Gasteiger charge is 2.19. The Balaban J connectivity index is 1.47. The summed E-state index contributed by atoms with van der Waals surface area (Å²) in [7, 11) is -1.66. The second-order valence-electron chi connectivity index (χ2n) is 6.12. The first-order valence-electron chi connectivity index (χ1n) is 8.30. The van der Waals surface area contributed by atoms with Crippen molar-refractivity contribution in [2.75, 3.05) is 58.7 Å². The molecule has 0 radical (unpaired) electrons. The van der Waals surface area contributed by atoms with Crippen molar-refractivity contribution >= 4 is 10.0 Å². The summed E-state index contributed by atoms with van der Waals surface area (Å²) >= 11 is 0. The first-order valence-corrected chi connectivity index (χ1v) is 9.95. The SMILES string of the molecule is CNS(=O)(=O)CCN1CCN(Cc2ccc3c(c2)OCCO3)CC1. The molecule has 1 N–H and O–H groups in total. The third-order valence-corrected chi connectivity index (χ3v) is 5.81. The van der Waals surface area contributed by atoms with E-state index in [1.54, 1.807) is 0 Å². The van der Waals surface area contributed by atoms with Crippen LogP contribution in [0.15, 0.2) is 18.2 Å². The minimum atomic E-state index is -3.12. The molecular weight excluding hydrogens is 330 g/mol. The summed E-state index contributed by atoms with van der Waals surface area (Å²) in [5.41, 5.74) is 1.21. The molecule has 1 fully saturated rings. The van der Waals surface area contributed by atoms with Crippen LogP contribution < -0.4 is 14.2 Å². The van der Waals surface area contributed by atoms with Crippen molar-refractivity contribution in [1.82, 2.24) is 14.5 Å². The van der Waals surface area contributed by atoms with Gasteiger partial charge in [0.1, 0.15) is 13.2 Å². The fourth-order valence-corrected chi connectivity index (χ4v) is 3.67. The molecule has 134 valence electrons. The van der Waals surface area contributed by atoms with E-state index >= 15 is 0 Å². The predicted molar refractivity (Wildman–Crippen MR) is 92.0 cm³/mol. The largest absolute Gasteiger partial charge is 0.486 e. The number of ether oxygens (including phenoxy) is 2. The van der Waals surface area contributed by atoms with Crippen LogP contribution in [0.1, 0.15) is 5.56 Å². The lowest BCUT2D eigenvalue weighted by Crippen LogP contribution is -2.47. The number of nitrogens with zero attached hydrogens (tertiary/aromatic N) is 2. The molecule has 1 aromatic rings. The zero-order chi connectivity index (χ0) is 17.0. The number of benzene rings is 1. The highest BCUT2D eigenvalue weighted by Crippen LogP contribution is 2.31. The molecule has 7 nitrogen and oxygen atoms in total. The lowest BCUT2D eigenvalue weighted by Gasteiger charge is -2.34. The first kappa shape index (κ1) is 17.5. The number of sulfonamides is 1.